The van der Waals surface area contributed by atoms with E-state index in [1.165, 1.54) is 17.7 Å². The van der Waals surface area contributed by atoms with E-state index in [-0.39, 0.29) is 11.7 Å². The minimum atomic E-state index is -0.328. The van der Waals surface area contributed by atoms with Crippen molar-refractivity contribution in [2.24, 2.45) is 0 Å². The summed E-state index contributed by atoms with van der Waals surface area (Å²) in [6.45, 7) is 4.15. The van der Waals surface area contributed by atoms with E-state index in [1.807, 2.05) is 18.2 Å². The van der Waals surface area contributed by atoms with E-state index >= 15 is 0 Å². The zero-order valence-corrected chi connectivity index (χ0v) is 15.7. The average molecular weight is 365 g/mol. The number of aromatic nitrogens is 1. The molecular formula is C22H24FN3O. The Labute approximate surface area is 159 Å². The second-order valence-corrected chi connectivity index (χ2v) is 6.79. The monoisotopic (exact) mass is 365 g/mol. The first-order valence-electron chi connectivity index (χ1n) is 9.10. The van der Waals surface area contributed by atoms with Crippen LogP contribution in [0.1, 0.15) is 28.0 Å². The normalized spacial score (nSPS) is 11.1. The van der Waals surface area contributed by atoms with Gasteiger partial charge in [-0.1, -0.05) is 30.3 Å². The van der Waals surface area contributed by atoms with E-state index in [9.17, 15) is 9.18 Å². The lowest BCUT2D eigenvalue weighted by Crippen LogP contribution is -2.28. The molecule has 0 aliphatic carbocycles. The molecule has 1 heterocycles. The SMILES string of the molecule is Cc1nc2cc(F)ccc2cc1C(=O)NCCCN(C)Cc1ccccc1. The van der Waals surface area contributed by atoms with Crippen LogP contribution in [0, 0.1) is 12.7 Å². The predicted octanol–water partition coefficient (Wildman–Crippen LogP) is 3.93. The van der Waals surface area contributed by atoms with Crippen molar-refractivity contribution in [3.63, 3.8) is 0 Å². The molecule has 4 nitrogen and oxygen atoms in total. The fraction of sp³-hybridized carbons (Fsp3) is 0.273. The number of nitrogens with one attached hydrogen (secondary N) is 1. The number of hydrogen-bond acceptors (Lipinski definition) is 3. The number of benzene rings is 2. The quantitative estimate of drug-likeness (QED) is 0.645. The largest absolute Gasteiger partial charge is 0.352 e. The Bertz CT molecular complexity index is 927. The highest BCUT2D eigenvalue weighted by Crippen LogP contribution is 2.17. The van der Waals surface area contributed by atoms with Crippen LogP contribution in [0.25, 0.3) is 10.9 Å². The molecule has 3 aromatic rings. The van der Waals surface area contributed by atoms with Gasteiger partial charge >= 0.3 is 0 Å². The van der Waals surface area contributed by atoms with Gasteiger partial charge in [0.25, 0.3) is 5.91 Å². The van der Waals surface area contributed by atoms with E-state index in [0.717, 1.165) is 24.9 Å². The Morgan fingerprint density at radius 1 is 1.15 bits per heavy atom. The summed E-state index contributed by atoms with van der Waals surface area (Å²) >= 11 is 0. The van der Waals surface area contributed by atoms with Crippen LogP contribution in [0.4, 0.5) is 4.39 Å². The number of nitrogens with zero attached hydrogens (tertiary/aromatic N) is 2. The first-order chi connectivity index (χ1) is 13.0. The lowest BCUT2D eigenvalue weighted by Gasteiger charge is -2.17. The molecule has 5 heteroatoms. The van der Waals surface area contributed by atoms with Gasteiger partial charge in [0.05, 0.1) is 16.8 Å². The van der Waals surface area contributed by atoms with Gasteiger partial charge in [-0.25, -0.2) is 4.39 Å². The molecule has 0 fully saturated rings. The summed E-state index contributed by atoms with van der Waals surface area (Å²) in [5.41, 5.74) is 2.98. The van der Waals surface area contributed by atoms with Crippen LogP contribution in [-0.4, -0.2) is 35.9 Å². The zero-order valence-electron chi connectivity index (χ0n) is 15.7. The maximum absolute atomic E-state index is 13.3. The molecule has 0 aliphatic rings. The minimum Gasteiger partial charge on any atom is -0.352 e. The number of carbonyl (C=O) groups is 1. The Hall–Kier alpha value is -2.79. The van der Waals surface area contributed by atoms with E-state index < -0.39 is 0 Å². The van der Waals surface area contributed by atoms with Crippen LogP contribution in [0.2, 0.25) is 0 Å². The number of halogens is 1. The van der Waals surface area contributed by atoms with Crippen LogP contribution in [0.3, 0.4) is 0 Å². The molecule has 0 unspecified atom stereocenters. The highest BCUT2D eigenvalue weighted by atomic mass is 19.1. The van der Waals surface area contributed by atoms with Gasteiger partial charge in [-0.15, -0.1) is 0 Å². The van der Waals surface area contributed by atoms with Crippen LogP contribution >= 0.6 is 0 Å². The fourth-order valence-electron chi connectivity index (χ4n) is 3.09. The van der Waals surface area contributed by atoms with Gasteiger partial charge in [-0.05, 0) is 50.7 Å². The number of amides is 1. The van der Waals surface area contributed by atoms with Gasteiger partial charge < -0.3 is 10.2 Å². The van der Waals surface area contributed by atoms with Crippen molar-refractivity contribution in [2.75, 3.05) is 20.1 Å². The van der Waals surface area contributed by atoms with Crippen LogP contribution in [-0.2, 0) is 6.54 Å². The third-order valence-electron chi connectivity index (χ3n) is 4.51. The van der Waals surface area contributed by atoms with Gasteiger partial charge in [-0.3, -0.25) is 9.78 Å². The summed E-state index contributed by atoms with van der Waals surface area (Å²) in [5.74, 6) is -0.469. The lowest BCUT2D eigenvalue weighted by molar-refractivity contribution is 0.0951. The smallest absolute Gasteiger partial charge is 0.253 e. The van der Waals surface area contributed by atoms with Crippen molar-refractivity contribution in [3.05, 3.63) is 77.2 Å². The molecule has 0 bridgehead atoms. The topological polar surface area (TPSA) is 45.2 Å². The van der Waals surface area contributed by atoms with Gasteiger partial charge in [-0.2, -0.15) is 0 Å². The molecule has 140 valence electrons. The van der Waals surface area contributed by atoms with Crippen LogP contribution in [0.5, 0.6) is 0 Å². The molecule has 0 atom stereocenters. The third kappa shape index (κ3) is 5.11. The van der Waals surface area contributed by atoms with E-state index in [0.29, 0.717) is 23.3 Å². The highest BCUT2D eigenvalue weighted by Gasteiger charge is 2.12. The summed E-state index contributed by atoms with van der Waals surface area (Å²) in [6.07, 6.45) is 0.861. The Morgan fingerprint density at radius 2 is 1.93 bits per heavy atom. The number of carbonyl (C=O) groups excluding carboxylic acids is 1. The summed E-state index contributed by atoms with van der Waals surface area (Å²) in [4.78, 5) is 19.1. The Balaban J connectivity index is 1.51. The molecule has 0 spiro atoms. The molecule has 2 aromatic carbocycles. The number of pyridine rings is 1. The molecule has 0 radical (unpaired) electrons. The Morgan fingerprint density at radius 3 is 2.70 bits per heavy atom. The van der Waals surface area contributed by atoms with E-state index in [1.54, 1.807) is 19.1 Å². The van der Waals surface area contributed by atoms with Gasteiger partial charge in [0.2, 0.25) is 0 Å². The first kappa shape index (κ1) is 19.0. The second kappa shape index (κ2) is 8.73. The van der Waals surface area contributed by atoms with Crippen molar-refractivity contribution in [3.8, 4) is 0 Å². The number of aryl methyl sites for hydroxylation is 1. The van der Waals surface area contributed by atoms with Crippen LogP contribution in [0.15, 0.2) is 54.6 Å². The molecule has 1 amide bonds. The van der Waals surface area contributed by atoms with Crippen molar-refractivity contribution in [1.29, 1.82) is 0 Å². The molecule has 27 heavy (non-hydrogen) atoms. The standard InChI is InChI=1S/C22H24FN3O/c1-16-20(13-18-9-10-19(23)14-21(18)25-16)22(27)24-11-6-12-26(2)15-17-7-4-3-5-8-17/h3-5,7-10,13-14H,6,11-12,15H2,1-2H3,(H,24,27). The minimum absolute atomic E-state index is 0.142. The van der Waals surface area contributed by atoms with E-state index in [2.05, 4.69) is 34.4 Å². The van der Waals surface area contributed by atoms with Crippen molar-refractivity contribution in [1.82, 2.24) is 15.2 Å². The predicted molar refractivity (Wildman–Crippen MR) is 106 cm³/mol. The molecule has 0 saturated heterocycles. The van der Waals surface area contributed by atoms with Gasteiger partial charge in [0.15, 0.2) is 0 Å². The van der Waals surface area contributed by atoms with Gasteiger partial charge in [0.1, 0.15) is 5.82 Å². The average Bonchev–Trinajstić information content (AvgIpc) is 2.65. The number of fused-ring (bicyclic) bond motifs is 1. The van der Waals surface area contributed by atoms with Crippen molar-refractivity contribution in [2.45, 2.75) is 19.9 Å². The zero-order chi connectivity index (χ0) is 19.2. The third-order valence-corrected chi connectivity index (χ3v) is 4.51. The maximum Gasteiger partial charge on any atom is 0.253 e. The molecule has 3 rings (SSSR count). The summed E-state index contributed by atoms with van der Waals surface area (Å²) < 4.78 is 13.3. The number of rotatable bonds is 7. The van der Waals surface area contributed by atoms with Crippen LogP contribution < -0.4 is 5.32 Å². The first-order valence-corrected chi connectivity index (χ1v) is 9.10. The van der Waals surface area contributed by atoms with Gasteiger partial charge in [0, 0.05) is 24.5 Å². The second-order valence-electron chi connectivity index (χ2n) is 6.79. The molecule has 1 aromatic heterocycles. The van der Waals surface area contributed by atoms with E-state index in [4.69, 9.17) is 0 Å². The number of hydrogen-bond donors (Lipinski definition) is 1. The van der Waals surface area contributed by atoms with Crippen molar-refractivity contribution < 1.29 is 9.18 Å². The molecule has 1 N–H and O–H groups in total. The maximum atomic E-state index is 13.3. The fourth-order valence-corrected chi connectivity index (χ4v) is 3.09. The highest BCUT2D eigenvalue weighted by molar-refractivity contribution is 5.98. The Kier molecular flexibility index (Phi) is 6.14. The summed E-state index contributed by atoms with van der Waals surface area (Å²) in [6, 6.07) is 16.5. The lowest BCUT2D eigenvalue weighted by atomic mass is 10.1. The molecular weight excluding hydrogens is 341 g/mol. The molecule has 0 saturated carbocycles. The van der Waals surface area contributed by atoms with Crippen molar-refractivity contribution >= 4 is 16.8 Å². The molecule has 0 aliphatic heterocycles. The summed E-state index contributed by atoms with van der Waals surface area (Å²) in [5, 5.41) is 3.71. The summed E-state index contributed by atoms with van der Waals surface area (Å²) in [7, 11) is 2.07.